The first-order valence-corrected chi connectivity index (χ1v) is 25.8. The summed E-state index contributed by atoms with van der Waals surface area (Å²) in [4.78, 5) is 4.82. The quantitative estimate of drug-likeness (QED) is 0.120. The van der Waals surface area contributed by atoms with Crippen LogP contribution in [0.5, 0.6) is 0 Å². The van der Waals surface area contributed by atoms with Gasteiger partial charge in [0.15, 0.2) is 0 Å². The zero-order valence-electron chi connectivity index (χ0n) is 41.4. The van der Waals surface area contributed by atoms with Crippen molar-refractivity contribution in [2.75, 3.05) is 9.80 Å². The van der Waals surface area contributed by atoms with Crippen molar-refractivity contribution in [3.8, 4) is 55.6 Å². The minimum Gasteiger partial charge on any atom is -0.310 e. The molecule has 0 heterocycles. The van der Waals surface area contributed by atoms with Gasteiger partial charge in [-0.15, -0.1) is 0 Å². The Balaban J connectivity index is 1.08. The maximum atomic E-state index is 2.41. The van der Waals surface area contributed by atoms with Gasteiger partial charge in [0.25, 0.3) is 0 Å². The highest BCUT2D eigenvalue weighted by Gasteiger charge is 2.47. The van der Waals surface area contributed by atoms with Crippen molar-refractivity contribution in [3.05, 3.63) is 338 Å². The number of nitrogens with zero attached hydrogens (tertiary/aromatic N) is 2. The van der Waals surface area contributed by atoms with Gasteiger partial charge in [0.05, 0.1) is 5.41 Å². The Morgan fingerprint density at radius 2 is 0.533 bits per heavy atom. The Hall–Kier alpha value is -9.76. The lowest BCUT2D eigenvalue weighted by Crippen LogP contribution is -2.29. The van der Waals surface area contributed by atoms with Gasteiger partial charge in [0.1, 0.15) is 0 Å². The molecule has 12 aromatic carbocycles. The van der Waals surface area contributed by atoms with Gasteiger partial charge in [0, 0.05) is 34.1 Å². The molecule has 0 saturated carbocycles. The van der Waals surface area contributed by atoms with Crippen molar-refractivity contribution in [2.24, 2.45) is 0 Å². The summed E-state index contributed by atoms with van der Waals surface area (Å²) in [6, 6.07) is 115. The standard InChI is InChI=1S/C73H52N2/c1-7-22-53(23-8-1)56-38-44-61(45-39-56)73(60-28-13-4-14-29-60)71-37-20-19-34-69(71)70-36-21-35-68(72(70)73)59-50-66(74(62-30-15-5-16-31-62)64-46-40-57(41-47-64)54-24-9-2-10-25-54)52-67(51-59)75(63-32-17-6-18-33-63)65-48-42-58(43-49-65)55-26-11-3-12-27-55/h1-52H. The third-order valence-corrected chi connectivity index (χ3v) is 14.9. The van der Waals surface area contributed by atoms with E-state index in [2.05, 4.69) is 325 Å². The topological polar surface area (TPSA) is 6.48 Å². The molecule has 1 aliphatic carbocycles. The van der Waals surface area contributed by atoms with Gasteiger partial charge in [-0.05, 0) is 145 Å². The van der Waals surface area contributed by atoms with Crippen LogP contribution in [0.25, 0.3) is 55.6 Å². The molecule has 1 unspecified atom stereocenters. The highest BCUT2D eigenvalue weighted by molar-refractivity contribution is 5.95. The molecule has 0 aliphatic heterocycles. The van der Waals surface area contributed by atoms with Crippen LogP contribution in [0.15, 0.2) is 315 Å². The van der Waals surface area contributed by atoms with Gasteiger partial charge in [-0.2, -0.15) is 0 Å². The summed E-state index contributed by atoms with van der Waals surface area (Å²) in [6.45, 7) is 0. The SMILES string of the molecule is c1ccc(-c2ccc(N(c3ccccc3)c3cc(-c4cccc5c4C(c4ccccc4)(c4ccc(-c6ccccc6)cc4)c4ccccc4-5)cc(N(c4ccccc4)c4ccc(-c5ccccc5)cc4)c3)cc2)cc1. The van der Waals surface area contributed by atoms with Crippen molar-refractivity contribution < 1.29 is 0 Å². The van der Waals surface area contributed by atoms with E-state index in [4.69, 9.17) is 0 Å². The van der Waals surface area contributed by atoms with Crippen LogP contribution in [0, 0.1) is 0 Å². The average Bonchev–Trinajstić information content (AvgIpc) is 3.84. The van der Waals surface area contributed by atoms with Crippen molar-refractivity contribution in [1.82, 2.24) is 0 Å². The van der Waals surface area contributed by atoms with E-state index >= 15 is 0 Å². The molecule has 0 aromatic heterocycles. The molecule has 0 saturated heterocycles. The van der Waals surface area contributed by atoms with E-state index in [0.717, 1.165) is 39.7 Å². The molecule has 0 spiro atoms. The lowest BCUT2D eigenvalue weighted by molar-refractivity contribution is 0.770. The van der Waals surface area contributed by atoms with Crippen molar-refractivity contribution in [1.29, 1.82) is 0 Å². The molecule has 12 aromatic rings. The van der Waals surface area contributed by atoms with E-state index in [1.807, 2.05) is 0 Å². The monoisotopic (exact) mass is 956 g/mol. The minimum atomic E-state index is -0.659. The summed E-state index contributed by atoms with van der Waals surface area (Å²) in [5, 5.41) is 0. The maximum Gasteiger partial charge on any atom is 0.0719 e. The summed E-state index contributed by atoms with van der Waals surface area (Å²) in [5.41, 5.74) is 22.5. The zero-order chi connectivity index (χ0) is 50.0. The second-order valence-electron chi connectivity index (χ2n) is 19.2. The molecule has 1 aliphatic rings. The Bertz CT molecular complexity index is 3740. The second kappa shape index (κ2) is 19.7. The van der Waals surface area contributed by atoms with Crippen LogP contribution in [-0.2, 0) is 5.41 Å². The predicted octanol–water partition coefficient (Wildman–Crippen LogP) is 19.7. The van der Waals surface area contributed by atoms with Gasteiger partial charge in [-0.3, -0.25) is 0 Å². The van der Waals surface area contributed by atoms with Gasteiger partial charge in [0.2, 0.25) is 0 Å². The lowest BCUT2D eigenvalue weighted by atomic mass is 9.66. The normalized spacial score (nSPS) is 13.4. The highest BCUT2D eigenvalue weighted by Crippen LogP contribution is 2.59. The lowest BCUT2D eigenvalue weighted by Gasteiger charge is -2.36. The largest absolute Gasteiger partial charge is 0.310 e. The Labute approximate surface area is 440 Å². The summed E-state index contributed by atoms with van der Waals surface area (Å²) >= 11 is 0. The van der Waals surface area contributed by atoms with Crippen molar-refractivity contribution in [2.45, 2.75) is 5.41 Å². The zero-order valence-corrected chi connectivity index (χ0v) is 41.4. The number of fused-ring (bicyclic) bond motifs is 3. The first kappa shape index (κ1) is 45.1. The van der Waals surface area contributed by atoms with Crippen LogP contribution in [0.4, 0.5) is 34.1 Å². The third-order valence-electron chi connectivity index (χ3n) is 14.9. The molecule has 0 N–H and O–H groups in total. The van der Waals surface area contributed by atoms with Crippen LogP contribution < -0.4 is 9.80 Å². The molecule has 1 atom stereocenters. The number of hydrogen-bond acceptors (Lipinski definition) is 2. The van der Waals surface area contributed by atoms with E-state index in [1.54, 1.807) is 0 Å². The molecule has 75 heavy (non-hydrogen) atoms. The molecule has 2 heteroatoms. The summed E-state index contributed by atoms with van der Waals surface area (Å²) in [6.07, 6.45) is 0. The van der Waals surface area contributed by atoms with Gasteiger partial charge >= 0.3 is 0 Å². The number of hydrogen-bond donors (Lipinski definition) is 0. The average molecular weight is 957 g/mol. The molecule has 0 bridgehead atoms. The fourth-order valence-corrected chi connectivity index (χ4v) is 11.5. The molecule has 13 rings (SSSR count). The minimum absolute atomic E-state index is 0.659. The van der Waals surface area contributed by atoms with E-state index in [-0.39, 0.29) is 0 Å². The van der Waals surface area contributed by atoms with Crippen molar-refractivity contribution in [3.63, 3.8) is 0 Å². The van der Waals surface area contributed by atoms with Crippen LogP contribution in [0.3, 0.4) is 0 Å². The molecule has 0 amide bonds. The Kier molecular flexibility index (Phi) is 11.8. The van der Waals surface area contributed by atoms with Crippen molar-refractivity contribution >= 4 is 34.1 Å². The van der Waals surface area contributed by atoms with Crippen LogP contribution in [0.2, 0.25) is 0 Å². The van der Waals surface area contributed by atoms with Gasteiger partial charge in [-0.25, -0.2) is 0 Å². The summed E-state index contributed by atoms with van der Waals surface area (Å²) in [7, 11) is 0. The molecule has 0 radical (unpaired) electrons. The first-order chi connectivity index (χ1) is 37.2. The first-order valence-electron chi connectivity index (χ1n) is 25.8. The highest BCUT2D eigenvalue weighted by atomic mass is 15.2. The molecule has 0 fully saturated rings. The van der Waals surface area contributed by atoms with Crippen LogP contribution >= 0.6 is 0 Å². The fourth-order valence-electron chi connectivity index (χ4n) is 11.5. The molecular weight excluding hydrogens is 905 g/mol. The number of para-hydroxylation sites is 2. The molecular formula is C73H52N2. The van der Waals surface area contributed by atoms with E-state index in [1.165, 1.54) is 72.3 Å². The van der Waals surface area contributed by atoms with Crippen LogP contribution in [-0.4, -0.2) is 0 Å². The van der Waals surface area contributed by atoms with Gasteiger partial charge in [-0.1, -0.05) is 249 Å². The van der Waals surface area contributed by atoms with Crippen LogP contribution in [0.1, 0.15) is 22.3 Å². The Morgan fingerprint density at radius 1 is 0.200 bits per heavy atom. The second-order valence-corrected chi connectivity index (χ2v) is 19.2. The molecule has 2 nitrogen and oxygen atoms in total. The van der Waals surface area contributed by atoms with E-state index < -0.39 is 5.41 Å². The fraction of sp³-hybridized carbons (Fsp3) is 0.0137. The maximum absolute atomic E-state index is 2.41. The van der Waals surface area contributed by atoms with E-state index in [0.29, 0.717) is 0 Å². The number of anilines is 6. The Morgan fingerprint density at radius 3 is 1.00 bits per heavy atom. The number of rotatable bonds is 12. The summed E-state index contributed by atoms with van der Waals surface area (Å²) < 4.78 is 0. The summed E-state index contributed by atoms with van der Waals surface area (Å²) in [5.74, 6) is 0. The third kappa shape index (κ3) is 8.29. The molecule has 354 valence electrons. The number of benzene rings is 12. The van der Waals surface area contributed by atoms with Gasteiger partial charge < -0.3 is 9.80 Å². The van der Waals surface area contributed by atoms with E-state index in [9.17, 15) is 0 Å². The smallest absolute Gasteiger partial charge is 0.0719 e. The predicted molar refractivity (Wildman–Crippen MR) is 315 cm³/mol.